The molecule has 9 heteroatoms. The van der Waals surface area contributed by atoms with Crippen molar-refractivity contribution in [1.82, 2.24) is 18.7 Å². The summed E-state index contributed by atoms with van der Waals surface area (Å²) in [5, 5.41) is 4.42. The fourth-order valence-corrected chi connectivity index (χ4v) is 6.22. The summed E-state index contributed by atoms with van der Waals surface area (Å²) in [6.45, 7) is 9.38. The molecular weight excluding hydrogens is 440 g/mol. The maximum Gasteiger partial charge on any atom is 0.246 e. The highest BCUT2D eigenvalue weighted by Crippen LogP contribution is 2.25. The zero-order valence-electron chi connectivity index (χ0n) is 19.5. The zero-order valence-corrected chi connectivity index (χ0v) is 20.4. The van der Waals surface area contributed by atoms with Crippen molar-refractivity contribution in [3.05, 3.63) is 70.3 Å². The van der Waals surface area contributed by atoms with Gasteiger partial charge in [0.05, 0.1) is 24.6 Å². The molecule has 1 aliphatic heterocycles. The van der Waals surface area contributed by atoms with Crippen LogP contribution in [0.2, 0.25) is 0 Å². The molecule has 1 aromatic carbocycles. The summed E-state index contributed by atoms with van der Waals surface area (Å²) in [7, 11) is -3.69. The van der Waals surface area contributed by atoms with Crippen molar-refractivity contribution in [2.45, 2.75) is 45.7 Å². The van der Waals surface area contributed by atoms with Crippen LogP contribution < -0.4 is 0 Å². The number of aryl methyl sites for hydroxylation is 2. The highest BCUT2D eigenvalue weighted by molar-refractivity contribution is 7.89. The summed E-state index contributed by atoms with van der Waals surface area (Å²) < 4.78 is 36.7. The van der Waals surface area contributed by atoms with Gasteiger partial charge in [0.15, 0.2) is 5.78 Å². The van der Waals surface area contributed by atoms with Gasteiger partial charge in [-0.1, -0.05) is 30.3 Å². The van der Waals surface area contributed by atoms with E-state index in [1.807, 2.05) is 38.1 Å². The maximum absolute atomic E-state index is 13.2. The molecule has 0 unspecified atom stereocenters. The van der Waals surface area contributed by atoms with Gasteiger partial charge in [0, 0.05) is 36.6 Å². The summed E-state index contributed by atoms with van der Waals surface area (Å²) in [5.74, 6) is -0.0941. The van der Waals surface area contributed by atoms with Gasteiger partial charge in [0.1, 0.15) is 11.4 Å². The number of carbonyl (C=O) groups excluding carboxylic acids is 1. The lowest BCUT2D eigenvalue weighted by Gasteiger charge is -2.26. The molecule has 3 heterocycles. The molecule has 0 atom stereocenters. The lowest BCUT2D eigenvalue weighted by atomic mass is 10.1. The van der Waals surface area contributed by atoms with Crippen LogP contribution in [0.15, 0.2) is 41.3 Å². The standard InChI is InChI=1S/C24H30N4O4S/c1-17-14-22(19(3)27(17)15-21-8-6-5-7-9-21)23(29)16-28-20(4)24(18(2)25-28)33(30,31)26-10-12-32-13-11-26/h5-9,14H,10-13,15-16H2,1-4H3. The molecule has 0 aliphatic carbocycles. The largest absolute Gasteiger partial charge is 0.379 e. The Bertz CT molecular complexity index is 1270. The van der Waals surface area contributed by atoms with Gasteiger partial charge in [-0.05, 0) is 39.3 Å². The molecule has 0 spiro atoms. The number of sulfonamides is 1. The highest BCUT2D eigenvalue weighted by atomic mass is 32.2. The summed E-state index contributed by atoms with van der Waals surface area (Å²) in [6, 6.07) is 12.0. The van der Waals surface area contributed by atoms with Crippen LogP contribution in [0.3, 0.4) is 0 Å². The van der Waals surface area contributed by atoms with E-state index < -0.39 is 10.0 Å². The Morgan fingerprint density at radius 3 is 2.36 bits per heavy atom. The number of aromatic nitrogens is 3. The minimum Gasteiger partial charge on any atom is -0.379 e. The van der Waals surface area contributed by atoms with Gasteiger partial charge in [-0.25, -0.2) is 8.42 Å². The molecule has 1 fully saturated rings. The quantitative estimate of drug-likeness (QED) is 0.496. The van der Waals surface area contributed by atoms with E-state index in [1.54, 1.807) is 13.8 Å². The van der Waals surface area contributed by atoms with Crippen molar-refractivity contribution in [2.75, 3.05) is 26.3 Å². The molecule has 1 saturated heterocycles. The molecule has 3 aromatic rings. The van der Waals surface area contributed by atoms with Crippen molar-refractivity contribution in [3.8, 4) is 0 Å². The molecule has 33 heavy (non-hydrogen) atoms. The molecule has 0 bridgehead atoms. The van der Waals surface area contributed by atoms with E-state index in [9.17, 15) is 13.2 Å². The SMILES string of the molecule is Cc1nn(CC(=O)c2cc(C)n(Cc3ccccc3)c2C)c(C)c1S(=O)(=O)N1CCOCC1. The van der Waals surface area contributed by atoms with Crippen molar-refractivity contribution in [2.24, 2.45) is 0 Å². The maximum atomic E-state index is 13.2. The van der Waals surface area contributed by atoms with Crippen LogP contribution in [0.5, 0.6) is 0 Å². The van der Waals surface area contributed by atoms with Crippen LogP contribution >= 0.6 is 0 Å². The second-order valence-corrected chi connectivity index (χ2v) is 10.3. The number of ketones is 1. The van der Waals surface area contributed by atoms with E-state index in [1.165, 1.54) is 8.99 Å². The topological polar surface area (TPSA) is 86.4 Å². The molecule has 2 aromatic heterocycles. The molecule has 0 saturated carbocycles. The van der Waals surface area contributed by atoms with Gasteiger partial charge < -0.3 is 9.30 Å². The summed E-state index contributed by atoms with van der Waals surface area (Å²) in [4.78, 5) is 13.4. The molecule has 0 radical (unpaired) electrons. The predicted molar refractivity (Wildman–Crippen MR) is 125 cm³/mol. The van der Waals surface area contributed by atoms with Gasteiger partial charge in [-0.2, -0.15) is 9.40 Å². The van der Waals surface area contributed by atoms with Crippen molar-refractivity contribution in [1.29, 1.82) is 0 Å². The lowest BCUT2D eigenvalue weighted by Crippen LogP contribution is -2.41. The van der Waals surface area contributed by atoms with Crippen LogP contribution in [-0.4, -0.2) is 59.2 Å². The molecule has 8 nitrogen and oxygen atoms in total. The van der Waals surface area contributed by atoms with Crippen molar-refractivity contribution < 1.29 is 17.9 Å². The van der Waals surface area contributed by atoms with E-state index in [-0.39, 0.29) is 17.2 Å². The molecule has 176 valence electrons. The number of ether oxygens (including phenoxy) is 1. The molecule has 4 rings (SSSR count). The van der Waals surface area contributed by atoms with Gasteiger partial charge in [-0.15, -0.1) is 0 Å². The average molecular weight is 471 g/mol. The number of rotatable bonds is 7. The molecule has 1 aliphatic rings. The Balaban J connectivity index is 1.59. The van der Waals surface area contributed by atoms with Gasteiger partial charge in [-0.3, -0.25) is 9.48 Å². The Hall–Kier alpha value is -2.75. The second kappa shape index (κ2) is 9.24. The van der Waals surface area contributed by atoms with E-state index in [0.29, 0.717) is 49.8 Å². The number of hydrogen-bond donors (Lipinski definition) is 0. The number of hydrogen-bond acceptors (Lipinski definition) is 5. The molecule has 0 amide bonds. The first-order chi connectivity index (χ1) is 15.7. The fourth-order valence-electron chi connectivity index (χ4n) is 4.44. The fraction of sp³-hybridized carbons (Fsp3) is 0.417. The van der Waals surface area contributed by atoms with Crippen molar-refractivity contribution >= 4 is 15.8 Å². The first kappa shape index (κ1) is 23.4. The van der Waals surface area contributed by atoms with Crippen LogP contribution in [0.1, 0.15) is 38.7 Å². The minimum atomic E-state index is -3.69. The number of benzene rings is 1. The second-order valence-electron chi connectivity index (χ2n) is 8.45. The average Bonchev–Trinajstić information content (AvgIpc) is 3.24. The number of Topliss-reactive ketones (excluding diaryl/α,β-unsaturated/α-hetero) is 1. The molecular formula is C24H30N4O4S. The zero-order chi connectivity index (χ0) is 23.8. The van der Waals surface area contributed by atoms with Crippen LogP contribution in [0, 0.1) is 27.7 Å². The van der Waals surface area contributed by atoms with Crippen LogP contribution in [0.25, 0.3) is 0 Å². The monoisotopic (exact) mass is 470 g/mol. The Morgan fingerprint density at radius 1 is 1.03 bits per heavy atom. The Kier molecular flexibility index (Phi) is 6.56. The number of morpholine rings is 1. The smallest absolute Gasteiger partial charge is 0.246 e. The van der Waals surface area contributed by atoms with E-state index in [2.05, 4.69) is 21.8 Å². The third-order valence-electron chi connectivity index (χ3n) is 6.23. The van der Waals surface area contributed by atoms with Gasteiger partial charge >= 0.3 is 0 Å². The predicted octanol–water partition coefficient (Wildman–Crippen LogP) is 2.87. The van der Waals surface area contributed by atoms with Crippen LogP contribution in [0.4, 0.5) is 0 Å². The summed E-state index contributed by atoms with van der Waals surface area (Å²) >= 11 is 0. The summed E-state index contributed by atoms with van der Waals surface area (Å²) in [5.41, 5.74) is 4.57. The lowest BCUT2D eigenvalue weighted by molar-refractivity contribution is 0.0730. The van der Waals surface area contributed by atoms with Gasteiger partial charge in [0.2, 0.25) is 10.0 Å². The number of carbonyl (C=O) groups is 1. The Morgan fingerprint density at radius 2 is 1.70 bits per heavy atom. The van der Waals surface area contributed by atoms with E-state index in [4.69, 9.17) is 4.74 Å². The first-order valence-electron chi connectivity index (χ1n) is 11.1. The highest BCUT2D eigenvalue weighted by Gasteiger charge is 2.32. The third kappa shape index (κ3) is 4.53. The minimum absolute atomic E-state index is 0.0130. The van der Waals surface area contributed by atoms with Crippen molar-refractivity contribution in [3.63, 3.8) is 0 Å². The van der Waals surface area contributed by atoms with E-state index >= 15 is 0 Å². The normalized spacial score (nSPS) is 15.2. The van der Waals surface area contributed by atoms with Gasteiger partial charge in [0.25, 0.3) is 0 Å². The number of nitrogens with zero attached hydrogens (tertiary/aromatic N) is 4. The van der Waals surface area contributed by atoms with Crippen LogP contribution in [-0.2, 0) is 27.8 Å². The Labute approximate surface area is 194 Å². The molecule has 0 N–H and O–H groups in total. The first-order valence-corrected chi connectivity index (χ1v) is 12.5. The summed E-state index contributed by atoms with van der Waals surface area (Å²) in [6.07, 6.45) is 0. The van der Waals surface area contributed by atoms with E-state index in [0.717, 1.165) is 17.0 Å². The third-order valence-corrected chi connectivity index (χ3v) is 8.39.